The highest BCUT2D eigenvalue weighted by Gasteiger charge is 2.24. The van der Waals surface area contributed by atoms with Crippen LogP contribution in [0.3, 0.4) is 0 Å². The fourth-order valence-electron chi connectivity index (χ4n) is 1.76. The molecule has 1 aromatic carbocycles. The molecule has 0 aliphatic rings. The highest BCUT2D eigenvalue weighted by Crippen LogP contribution is 2.14. The molecule has 0 heterocycles. The fraction of sp³-hybridized carbons (Fsp3) is 0.267. The van der Waals surface area contributed by atoms with Gasteiger partial charge in [0.15, 0.2) is 0 Å². The number of aliphatic carboxylic acids is 1. The summed E-state index contributed by atoms with van der Waals surface area (Å²) in [5.41, 5.74) is -0.00245. The molecular weight excluding hydrogens is 350 g/mol. The van der Waals surface area contributed by atoms with Gasteiger partial charge in [-0.25, -0.2) is 4.79 Å². The van der Waals surface area contributed by atoms with Gasteiger partial charge in [-0.1, -0.05) is 13.8 Å². The minimum absolute atomic E-state index is 0.304. The minimum Gasteiger partial charge on any atom is -0.480 e. The van der Waals surface area contributed by atoms with Crippen molar-refractivity contribution in [2.45, 2.75) is 24.8 Å². The van der Waals surface area contributed by atoms with Crippen molar-refractivity contribution >= 4 is 27.7 Å². The maximum atomic E-state index is 12.0. The van der Waals surface area contributed by atoms with Crippen LogP contribution in [-0.2, 0) is 19.7 Å². The Morgan fingerprint density at radius 2 is 1.80 bits per heavy atom. The van der Waals surface area contributed by atoms with Crippen LogP contribution in [0.1, 0.15) is 13.8 Å². The molecule has 0 aromatic heterocycles. The van der Waals surface area contributed by atoms with Gasteiger partial charge in [0.1, 0.15) is 17.7 Å². The normalized spacial score (nSPS) is 13.0. The van der Waals surface area contributed by atoms with Gasteiger partial charge >= 0.3 is 5.97 Å². The van der Waals surface area contributed by atoms with Crippen molar-refractivity contribution in [3.05, 3.63) is 36.0 Å². The minimum atomic E-state index is -4.31. The van der Waals surface area contributed by atoms with Crippen LogP contribution in [0.25, 0.3) is 0 Å². The molecule has 0 aliphatic carbocycles. The van der Waals surface area contributed by atoms with E-state index in [1.807, 2.05) is 0 Å². The van der Waals surface area contributed by atoms with Crippen molar-refractivity contribution < 1.29 is 27.7 Å². The van der Waals surface area contributed by atoms with Crippen LogP contribution in [0.15, 0.2) is 40.9 Å². The lowest BCUT2D eigenvalue weighted by Gasteiger charge is -2.17. The van der Waals surface area contributed by atoms with Crippen molar-refractivity contribution in [3.63, 3.8) is 0 Å². The van der Waals surface area contributed by atoms with Gasteiger partial charge in [-0.15, -0.1) is 0 Å². The first-order valence-corrected chi connectivity index (χ1v) is 8.48. The van der Waals surface area contributed by atoms with Crippen LogP contribution in [0.4, 0.5) is 5.69 Å². The molecule has 1 amide bonds. The van der Waals surface area contributed by atoms with E-state index in [1.54, 1.807) is 19.9 Å². The van der Waals surface area contributed by atoms with Crippen LogP contribution in [0.2, 0.25) is 0 Å². The second-order valence-corrected chi connectivity index (χ2v) is 6.77. The standard InChI is InChI=1S/C15H17N3O6S/c1-9(2)13(15(20)21)18-14(19)10(7-16)8-17-11-3-5-12(6-4-11)25(22,23)24/h3-6,8-9,13,17H,1-2H3,(H,18,19)(H,20,21)(H,22,23,24)/b10-8-. The fourth-order valence-corrected chi connectivity index (χ4v) is 2.24. The molecule has 0 spiro atoms. The summed E-state index contributed by atoms with van der Waals surface area (Å²) in [7, 11) is -4.31. The molecule has 0 aliphatic heterocycles. The number of rotatable bonds is 7. The van der Waals surface area contributed by atoms with Gasteiger partial charge in [0.05, 0.1) is 4.90 Å². The van der Waals surface area contributed by atoms with E-state index in [-0.39, 0.29) is 16.4 Å². The van der Waals surface area contributed by atoms with Crippen molar-refractivity contribution in [2.75, 3.05) is 5.32 Å². The number of hydrogen-bond acceptors (Lipinski definition) is 6. The molecule has 0 radical (unpaired) electrons. The third-order valence-electron chi connectivity index (χ3n) is 3.12. The molecule has 0 saturated heterocycles. The van der Waals surface area contributed by atoms with Gasteiger partial charge in [-0.3, -0.25) is 9.35 Å². The second kappa shape index (κ2) is 8.27. The molecule has 9 nitrogen and oxygen atoms in total. The number of benzene rings is 1. The molecule has 134 valence electrons. The first kappa shape index (κ1) is 20.1. The van der Waals surface area contributed by atoms with Crippen LogP contribution in [0.5, 0.6) is 0 Å². The van der Waals surface area contributed by atoms with Gasteiger partial charge in [0.25, 0.3) is 16.0 Å². The third kappa shape index (κ3) is 5.91. The first-order chi connectivity index (χ1) is 11.6. The van der Waals surface area contributed by atoms with Gasteiger partial charge in [0.2, 0.25) is 0 Å². The molecule has 10 heteroatoms. The number of carbonyl (C=O) groups is 2. The molecule has 1 unspecified atom stereocenters. The number of nitrogens with zero attached hydrogens (tertiary/aromatic N) is 1. The zero-order valence-electron chi connectivity index (χ0n) is 13.4. The zero-order chi connectivity index (χ0) is 19.2. The molecule has 1 rings (SSSR count). The van der Waals surface area contributed by atoms with Crippen molar-refractivity contribution in [2.24, 2.45) is 5.92 Å². The smallest absolute Gasteiger partial charge is 0.326 e. The summed E-state index contributed by atoms with van der Waals surface area (Å²) in [4.78, 5) is 22.8. The Bertz CT molecular complexity index is 822. The SMILES string of the molecule is CC(C)C(NC(=O)/C(C#N)=C\Nc1ccc(S(=O)(=O)O)cc1)C(=O)O. The monoisotopic (exact) mass is 367 g/mol. The highest BCUT2D eigenvalue weighted by atomic mass is 32.2. The maximum absolute atomic E-state index is 12.0. The highest BCUT2D eigenvalue weighted by molar-refractivity contribution is 7.85. The molecule has 1 atom stereocenters. The first-order valence-electron chi connectivity index (χ1n) is 7.04. The average molecular weight is 367 g/mol. The van der Waals surface area contributed by atoms with Gasteiger partial charge in [-0.2, -0.15) is 13.7 Å². The Labute approximate surface area is 144 Å². The average Bonchev–Trinajstić information content (AvgIpc) is 2.52. The number of amides is 1. The molecule has 1 aromatic rings. The van der Waals surface area contributed by atoms with Crippen LogP contribution >= 0.6 is 0 Å². The number of carbonyl (C=O) groups excluding carboxylic acids is 1. The number of carboxylic acids is 1. The van der Waals surface area contributed by atoms with E-state index in [2.05, 4.69) is 10.6 Å². The van der Waals surface area contributed by atoms with E-state index in [0.29, 0.717) is 5.69 Å². The summed E-state index contributed by atoms with van der Waals surface area (Å²) < 4.78 is 30.8. The van der Waals surface area contributed by atoms with E-state index < -0.39 is 28.0 Å². The van der Waals surface area contributed by atoms with Crippen molar-refractivity contribution in [1.29, 1.82) is 5.26 Å². The number of carboxylic acid groups (broad SMARTS) is 1. The number of nitrogens with one attached hydrogen (secondary N) is 2. The Hall–Kier alpha value is -2.90. The van der Waals surface area contributed by atoms with E-state index in [9.17, 15) is 18.0 Å². The summed E-state index contributed by atoms with van der Waals surface area (Å²) in [6.07, 6.45) is 1.07. The van der Waals surface area contributed by atoms with Crippen molar-refractivity contribution in [1.82, 2.24) is 5.32 Å². The molecule has 0 bridgehead atoms. The molecule has 25 heavy (non-hydrogen) atoms. The molecule has 0 saturated carbocycles. The molecule has 4 N–H and O–H groups in total. The largest absolute Gasteiger partial charge is 0.480 e. The number of hydrogen-bond donors (Lipinski definition) is 4. The summed E-state index contributed by atoms with van der Waals surface area (Å²) in [6.45, 7) is 3.23. The summed E-state index contributed by atoms with van der Waals surface area (Å²) >= 11 is 0. The van der Waals surface area contributed by atoms with Crippen LogP contribution in [-0.4, -0.2) is 36.0 Å². The summed E-state index contributed by atoms with van der Waals surface area (Å²) in [5, 5.41) is 22.9. The quantitative estimate of drug-likeness (QED) is 0.315. The Morgan fingerprint density at radius 1 is 1.24 bits per heavy atom. The lowest BCUT2D eigenvalue weighted by atomic mass is 10.0. The molecular formula is C15H17N3O6S. The van der Waals surface area contributed by atoms with Gasteiger partial charge in [0, 0.05) is 11.9 Å². The Kier molecular flexibility index (Phi) is 6.67. The predicted octanol–water partition coefficient (Wildman–Crippen LogP) is 0.978. The topological polar surface area (TPSA) is 157 Å². The third-order valence-corrected chi connectivity index (χ3v) is 3.99. The summed E-state index contributed by atoms with van der Waals surface area (Å²) in [6, 6.07) is 5.42. The molecule has 0 fully saturated rings. The Morgan fingerprint density at radius 3 is 2.20 bits per heavy atom. The van der Waals surface area contributed by atoms with Crippen LogP contribution in [0, 0.1) is 17.2 Å². The van der Waals surface area contributed by atoms with E-state index in [1.165, 1.54) is 12.1 Å². The maximum Gasteiger partial charge on any atom is 0.326 e. The Balaban J connectivity index is 2.88. The lowest BCUT2D eigenvalue weighted by molar-refractivity contribution is -0.142. The van der Waals surface area contributed by atoms with E-state index in [0.717, 1.165) is 18.3 Å². The van der Waals surface area contributed by atoms with Crippen LogP contribution < -0.4 is 10.6 Å². The zero-order valence-corrected chi connectivity index (χ0v) is 14.2. The number of nitriles is 1. The van der Waals surface area contributed by atoms with E-state index in [4.69, 9.17) is 14.9 Å². The number of anilines is 1. The predicted molar refractivity (Wildman–Crippen MR) is 88.0 cm³/mol. The van der Waals surface area contributed by atoms with Crippen molar-refractivity contribution in [3.8, 4) is 6.07 Å². The lowest BCUT2D eigenvalue weighted by Crippen LogP contribution is -2.44. The van der Waals surface area contributed by atoms with Gasteiger partial charge in [-0.05, 0) is 30.2 Å². The van der Waals surface area contributed by atoms with Gasteiger partial charge < -0.3 is 15.7 Å². The second-order valence-electron chi connectivity index (χ2n) is 5.35. The summed E-state index contributed by atoms with van der Waals surface area (Å²) in [5.74, 6) is -2.44. The van der Waals surface area contributed by atoms with E-state index >= 15 is 0 Å².